The fourth-order valence-electron chi connectivity index (χ4n) is 2.86. The van der Waals surface area contributed by atoms with E-state index in [4.69, 9.17) is 0 Å². The third-order valence-electron chi connectivity index (χ3n) is 4.84. The largest absolute Gasteiger partial charge is 0.366 e. The average molecular weight is 244 g/mol. The molecule has 0 aromatic carbocycles. The standard InChI is InChI=1S/C14H20N4/c1-9-6-10-15-8-16-18(10)11(7-9)17-12-13(2,3)14(12,4)5/h6-8,12,17H,1-5H3. The van der Waals surface area contributed by atoms with Gasteiger partial charge in [0.1, 0.15) is 12.1 Å². The zero-order valence-corrected chi connectivity index (χ0v) is 11.7. The maximum atomic E-state index is 4.28. The fraction of sp³-hybridized carbons (Fsp3) is 0.571. The van der Waals surface area contributed by atoms with Crippen molar-refractivity contribution in [2.24, 2.45) is 10.8 Å². The number of pyridine rings is 1. The first-order valence-corrected chi connectivity index (χ1v) is 6.41. The molecular formula is C14H20N4. The molecule has 4 heteroatoms. The summed E-state index contributed by atoms with van der Waals surface area (Å²) < 4.78 is 1.87. The Morgan fingerprint density at radius 1 is 1.17 bits per heavy atom. The van der Waals surface area contributed by atoms with E-state index in [2.05, 4.69) is 56.1 Å². The summed E-state index contributed by atoms with van der Waals surface area (Å²) >= 11 is 0. The summed E-state index contributed by atoms with van der Waals surface area (Å²) in [5.74, 6) is 1.03. The number of hydrogen-bond acceptors (Lipinski definition) is 3. The minimum atomic E-state index is 0.309. The molecule has 3 rings (SSSR count). The van der Waals surface area contributed by atoms with Crippen molar-refractivity contribution >= 4 is 11.5 Å². The highest BCUT2D eigenvalue weighted by Crippen LogP contribution is 2.63. The first kappa shape index (κ1) is 11.5. The summed E-state index contributed by atoms with van der Waals surface area (Å²) in [6.07, 6.45) is 1.60. The molecule has 0 spiro atoms. The number of nitrogens with zero attached hydrogens (tertiary/aromatic N) is 3. The van der Waals surface area contributed by atoms with E-state index >= 15 is 0 Å². The molecule has 0 amide bonds. The normalized spacial score (nSPS) is 21.2. The highest BCUT2D eigenvalue weighted by atomic mass is 15.3. The lowest BCUT2D eigenvalue weighted by atomic mass is 10.0. The molecule has 1 aliphatic carbocycles. The molecule has 0 unspecified atom stereocenters. The minimum absolute atomic E-state index is 0.309. The molecule has 1 fully saturated rings. The Hall–Kier alpha value is -1.58. The number of fused-ring (bicyclic) bond motifs is 1. The van der Waals surface area contributed by atoms with Crippen LogP contribution in [0.1, 0.15) is 33.3 Å². The summed E-state index contributed by atoms with van der Waals surface area (Å²) in [6.45, 7) is 11.3. The van der Waals surface area contributed by atoms with Crippen LogP contribution in [-0.2, 0) is 0 Å². The predicted molar refractivity (Wildman–Crippen MR) is 72.7 cm³/mol. The van der Waals surface area contributed by atoms with Gasteiger partial charge in [-0.25, -0.2) is 4.98 Å². The SMILES string of the molecule is Cc1cc(NC2C(C)(C)C2(C)C)n2ncnc2c1. The molecule has 96 valence electrons. The van der Waals surface area contributed by atoms with Gasteiger partial charge in [-0.3, -0.25) is 0 Å². The van der Waals surface area contributed by atoms with E-state index in [0.29, 0.717) is 16.9 Å². The van der Waals surface area contributed by atoms with E-state index in [-0.39, 0.29) is 0 Å². The Bertz CT molecular complexity index is 595. The van der Waals surface area contributed by atoms with Gasteiger partial charge in [-0.05, 0) is 35.4 Å². The third kappa shape index (κ3) is 1.38. The molecule has 4 nitrogen and oxygen atoms in total. The van der Waals surface area contributed by atoms with Gasteiger partial charge in [-0.1, -0.05) is 27.7 Å². The molecular weight excluding hydrogens is 224 g/mol. The number of hydrogen-bond donors (Lipinski definition) is 1. The fourth-order valence-corrected chi connectivity index (χ4v) is 2.86. The molecule has 1 aliphatic rings. The van der Waals surface area contributed by atoms with Crippen molar-refractivity contribution in [2.75, 3.05) is 5.32 Å². The van der Waals surface area contributed by atoms with Crippen molar-refractivity contribution in [3.8, 4) is 0 Å². The highest BCUT2D eigenvalue weighted by Gasteiger charge is 2.65. The smallest absolute Gasteiger partial charge is 0.157 e. The van der Waals surface area contributed by atoms with Crippen molar-refractivity contribution in [3.05, 3.63) is 24.0 Å². The lowest BCUT2D eigenvalue weighted by molar-refractivity contribution is 0.457. The van der Waals surface area contributed by atoms with E-state index in [9.17, 15) is 0 Å². The summed E-state index contributed by atoms with van der Waals surface area (Å²) in [6, 6.07) is 4.65. The second-order valence-corrected chi connectivity index (χ2v) is 6.47. The Morgan fingerprint density at radius 2 is 1.83 bits per heavy atom. The minimum Gasteiger partial charge on any atom is -0.366 e. The first-order chi connectivity index (χ1) is 8.34. The monoisotopic (exact) mass is 244 g/mol. The van der Waals surface area contributed by atoms with Crippen LogP contribution < -0.4 is 5.32 Å². The van der Waals surface area contributed by atoms with Crippen LogP contribution in [0.15, 0.2) is 18.5 Å². The van der Waals surface area contributed by atoms with Gasteiger partial charge in [-0.2, -0.15) is 9.61 Å². The molecule has 1 N–H and O–H groups in total. The van der Waals surface area contributed by atoms with Crippen molar-refractivity contribution in [3.63, 3.8) is 0 Å². The number of nitrogens with one attached hydrogen (secondary N) is 1. The van der Waals surface area contributed by atoms with Crippen molar-refractivity contribution in [1.29, 1.82) is 0 Å². The molecule has 0 bridgehead atoms. The van der Waals surface area contributed by atoms with E-state index in [1.54, 1.807) is 6.33 Å². The van der Waals surface area contributed by atoms with Gasteiger partial charge in [-0.15, -0.1) is 0 Å². The summed E-state index contributed by atoms with van der Waals surface area (Å²) in [4.78, 5) is 4.25. The Morgan fingerprint density at radius 3 is 2.44 bits per heavy atom. The predicted octanol–water partition coefficient (Wildman–Crippen LogP) is 2.88. The summed E-state index contributed by atoms with van der Waals surface area (Å²) in [5, 5.41) is 7.91. The number of aryl methyl sites for hydroxylation is 1. The van der Waals surface area contributed by atoms with Crippen LogP contribution in [0.3, 0.4) is 0 Å². The van der Waals surface area contributed by atoms with Gasteiger partial charge < -0.3 is 5.32 Å². The topological polar surface area (TPSA) is 42.2 Å². The molecule has 0 aliphatic heterocycles. The average Bonchev–Trinajstić information content (AvgIpc) is 2.68. The van der Waals surface area contributed by atoms with Crippen molar-refractivity contribution in [1.82, 2.24) is 14.6 Å². The summed E-state index contributed by atoms with van der Waals surface area (Å²) in [5.41, 5.74) is 2.72. The van der Waals surface area contributed by atoms with Gasteiger partial charge in [0.25, 0.3) is 0 Å². The third-order valence-corrected chi connectivity index (χ3v) is 4.84. The van der Waals surface area contributed by atoms with Gasteiger partial charge in [0.2, 0.25) is 0 Å². The molecule has 0 atom stereocenters. The molecule has 2 heterocycles. The number of aromatic nitrogens is 3. The van der Waals surface area contributed by atoms with Crippen LogP contribution in [0.2, 0.25) is 0 Å². The highest BCUT2D eigenvalue weighted by molar-refractivity contribution is 5.53. The van der Waals surface area contributed by atoms with Crippen LogP contribution >= 0.6 is 0 Å². The van der Waals surface area contributed by atoms with E-state index in [1.165, 1.54) is 5.56 Å². The Labute approximate surface area is 107 Å². The van der Waals surface area contributed by atoms with E-state index < -0.39 is 0 Å². The molecule has 0 radical (unpaired) electrons. The van der Waals surface area contributed by atoms with Crippen LogP contribution in [-0.4, -0.2) is 20.6 Å². The molecule has 0 saturated heterocycles. The Kier molecular flexibility index (Phi) is 2.08. The number of rotatable bonds is 2. The second kappa shape index (κ2) is 3.25. The van der Waals surface area contributed by atoms with E-state index in [0.717, 1.165) is 11.5 Å². The maximum Gasteiger partial charge on any atom is 0.157 e. The van der Waals surface area contributed by atoms with Gasteiger partial charge in [0.15, 0.2) is 5.65 Å². The zero-order valence-electron chi connectivity index (χ0n) is 11.7. The number of anilines is 1. The summed E-state index contributed by atoms with van der Waals surface area (Å²) in [7, 11) is 0. The van der Waals surface area contributed by atoms with Gasteiger partial charge in [0.05, 0.1) is 0 Å². The maximum absolute atomic E-state index is 4.28. The van der Waals surface area contributed by atoms with Gasteiger partial charge in [0, 0.05) is 6.04 Å². The molecule has 2 aromatic heterocycles. The first-order valence-electron chi connectivity index (χ1n) is 6.41. The van der Waals surface area contributed by atoms with Crippen molar-refractivity contribution in [2.45, 2.75) is 40.7 Å². The quantitative estimate of drug-likeness (QED) is 0.883. The van der Waals surface area contributed by atoms with Crippen LogP contribution in [0, 0.1) is 17.8 Å². The lowest BCUT2D eigenvalue weighted by Crippen LogP contribution is -2.13. The molecule has 18 heavy (non-hydrogen) atoms. The zero-order chi connectivity index (χ0) is 13.1. The lowest BCUT2D eigenvalue weighted by Gasteiger charge is -2.10. The van der Waals surface area contributed by atoms with E-state index in [1.807, 2.05) is 10.6 Å². The van der Waals surface area contributed by atoms with Crippen LogP contribution in [0.4, 0.5) is 5.82 Å². The Balaban J connectivity index is 1.99. The second-order valence-electron chi connectivity index (χ2n) is 6.47. The molecule has 2 aromatic rings. The van der Waals surface area contributed by atoms with Crippen LogP contribution in [0.5, 0.6) is 0 Å². The van der Waals surface area contributed by atoms with Crippen LogP contribution in [0.25, 0.3) is 5.65 Å². The van der Waals surface area contributed by atoms with Crippen molar-refractivity contribution < 1.29 is 0 Å². The van der Waals surface area contributed by atoms with Gasteiger partial charge >= 0.3 is 0 Å². The molecule has 1 saturated carbocycles.